The van der Waals surface area contributed by atoms with Crippen LogP contribution in [0.15, 0.2) is 48.9 Å². The quantitative estimate of drug-likeness (QED) is 0.199. The number of nitrogens with one attached hydrogen (secondary N) is 2. The predicted octanol–water partition coefficient (Wildman–Crippen LogP) is 1.78. The summed E-state index contributed by atoms with van der Waals surface area (Å²) in [4.78, 5) is 63.1. The number of aromatic nitrogens is 5. The Morgan fingerprint density at radius 3 is 2.32 bits per heavy atom. The molecule has 57 heavy (non-hydrogen) atoms. The summed E-state index contributed by atoms with van der Waals surface area (Å²) in [6.45, 7) is 4.90. The van der Waals surface area contributed by atoms with Crippen molar-refractivity contribution in [1.29, 1.82) is 0 Å². The second kappa shape index (κ2) is 15.8. The molecule has 3 N–H and O–H groups in total. The topological polar surface area (TPSA) is 191 Å². The second-order valence-corrected chi connectivity index (χ2v) is 15.2. The van der Waals surface area contributed by atoms with Crippen LogP contribution < -0.4 is 15.7 Å². The molecule has 0 atom stereocenters. The van der Waals surface area contributed by atoms with Crippen molar-refractivity contribution in [1.82, 2.24) is 39.4 Å². The maximum absolute atomic E-state index is 14.1. The van der Waals surface area contributed by atoms with E-state index in [1.807, 2.05) is 0 Å². The molecule has 0 spiro atoms. The Morgan fingerprint density at radius 1 is 1.02 bits per heavy atom. The van der Waals surface area contributed by atoms with E-state index in [1.54, 1.807) is 9.80 Å². The smallest absolute Gasteiger partial charge is 0.435 e. The number of imidazole rings is 1. The van der Waals surface area contributed by atoms with E-state index in [0.717, 1.165) is 42.9 Å². The van der Waals surface area contributed by atoms with Gasteiger partial charge >= 0.3 is 6.18 Å². The summed E-state index contributed by atoms with van der Waals surface area (Å²) in [7, 11) is 1.38. The van der Waals surface area contributed by atoms with Crippen molar-refractivity contribution in [3.63, 3.8) is 0 Å². The van der Waals surface area contributed by atoms with Crippen LogP contribution in [0, 0.1) is 11.8 Å². The summed E-state index contributed by atoms with van der Waals surface area (Å²) >= 11 is 6.52. The monoisotopic (exact) mass is 812 g/mol. The number of halogens is 4. The molecule has 1 aromatic carbocycles. The number of anilines is 1. The highest BCUT2D eigenvalue weighted by atomic mass is 35.5. The van der Waals surface area contributed by atoms with Crippen LogP contribution >= 0.6 is 11.6 Å². The molecular formula is C37H40ClF3N10O6. The molecule has 7 rings (SSSR count). The Balaban J connectivity index is 0.954. The van der Waals surface area contributed by atoms with Gasteiger partial charge in [-0.15, -0.1) is 0 Å². The van der Waals surface area contributed by atoms with Gasteiger partial charge in [-0.1, -0.05) is 11.6 Å². The Bertz CT molecular complexity index is 2170. The van der Waals surface area contributed by atoms with Crippen LogP contribution in [0.3, 0.4) is 0 Å². The number of hydrogen-bond donors (Lipinski definition) is 3. The zero-order valence-electron chi connectivity index (χ0n) is 30.8. The fraction of sp³-hybridized carbons (Fsp3) is 0.432. The molecular weight excluding hydrogens is 773 g/mol. The van der Waals surface area contributed by atoms with Crippen molar-refractivity contribution in [2.24, 2.45) is 18.9 Å². The summed E-state index contributed by atoms with van der Waals surface area (Å²) in [5.74, 6) is -2.32. The van der Waals surface area contributed by atoms with Crippen LogP contribution in [-0.2, 0) is 22.8 Å². The summed E-state index contributed by atoms with van der Waals surface area (Å²) in [6.07, 6.45) is -0.381. The number of carboxylic acids is 1. The number of quaternary nitrogens is 1. The van der Waals surface area contributed by atoms with Crippen molar-refractivity contribution in [2.45, 2.75) is 19.0 Å². The van der Waals surface area contributed by atoms with E-state index in [1.165, 1.54) is 41.9 Å². The molecule has 3 fully saturated rings. The number of pyridine rings is 1. The van der Waals surface area contributed by atoms with Gasteiger partial charge in [-0.3, -0.25) is 14.4 Å². The van der Waals surface area contributed by atoms with Gasteiger partial charge in [0.1, 0.15) is 12.3 Å². The lowest BCUT2D eigenvalue weighted by Crippen LogP contribution is -2.63. The number of alkyl halides is 3. The number of carboxylic acid groups (broad SMARTS) is 1. The summed E-state index contributed by atoms with van der Waals surface area (Å²) in [5, 5.41) is 30.6. The van der Waals surface area contributed by atoms with Gasteiger partial charge in [-0.25, -0.2) is 14.6 Å². The third-order valence-corrected chi connectivity index (χ3v) is 11.3. The number of benzene rings is 1. The Hall–Kier alpha value is -5.53. The van der Waals surface area contributed by atoms with Crippen LogP contribution in [0.2, 0.25) is 5.02 Å². The second-order valence-electron chi connectivity index (χ2n) is 14.8. The van der Waals surface area contributed by atoms with Crippen LogP contribution in [0.1, 0.15) is 39.5 Å². The zero-order chi connectivity index (χ0) is 40.6. The molecule has 3 aromatic heterocycles. The van der Waals surface area contributed by atoms with E-state index in [2.05, 4.69) is 25.7 Å². The molecule has 20 heteroatoms. The fourth-order valence-electron chi connectivity index (χ4n) is 7.85. The first-order chi connectivity index (χ1) is 27.1. The number of likely N-dealkylation sites (tertiary alicyclic amines) is 1. The first kappa shape index (κ1) is 39.7. The van der Waals surface area contributed by atoms with Gasteiger partial charge in [0.05, 0.1) is 59.8 Å². The maximum atomic E-state index is 14.1. The Labute approximate surface area is 329 Å². The van der Waals surface area contributed by atoms with Gasteiger partial charge in [-0.05, 0) is 30.3 Å². The minimum absolute atomic E-state index is 0.0128. The zero-order valence-corrected chi connectivity index (χ0v) is 31.6. The first-order valence-electron chi connectivity index (χ1n) is 18.4. The number of hydrogen-bond acceptors (Lipinski definition) is 10. The van der Waals surface area contributed by atoms with Crippen molar-refractivity contribution >= 4 is 41.0 Å². The van der Waals surface area contributed by atoms with E-state index in [0.29, 0.717) is 49.4 Å². The van der Waals surface area contributed by atoms with Gasteiger partial charge in [0.15, 0.2) is 17.3 Å². The highest BCUT2D eigenvalue weighted by molar-refractivity contribution is 6.34. The SMILES string of the molecule is Cn1c(-c2cn(-c3ccc(O)cn3)nc2C(F)(F)F)cnc1C(=O)Nc1ccc(C(=O)N2CCN(C(=O)C3CC[N+](CC(=O)[O-])(CC4CNC4)CC3)CC2)c(Cl)c1. The fourth-order valence-corrected chi connectivity index (χ4v) is 8.11. The minimum atomic E-state index is -4.86. The average Bonchev–Trinajstić information content (AvgIpc) is 3.77. The van der Waals surface area contributed by atoms with Crippen molar-refractivity contribution in [3.05, 3.63) is 71.0 Å². The number of nitrogens with zero attached hydrogens (tertiary/aromatic N) is 8. The molecule has 3 amide bonds. The van der Waals surface area contributed by atoms with E-state index in [-0.39, 0.29) is 82.3 Å². The lowest BCUT2D eigenvalue weighted by atomic mass is 9.90. The molecule has 16 nitrogen and oxygen atoms in total. The number of piperazine rings is 1. The number of aliphatic carboxylic acids is 1. The minimum Gasteiger partial charge on any atom is -0.544 e. The molecule has 3 aliphatic heterocycles. The van der Waals surface area contributed by atoms with E-state index >= 15 is 0 Å². The summed E-state index contributed by atoms with van der Waals surface area (Å²) in [5.41, 5.74) is -1.24. The molecule has 4 aromatic rings. The van der Waals surface area contributed by atoms with Crippen molar-refractivity contribution in [2.75, 3.05) is 70.8 Å². The number of piperidine rings is 1. The summed E-state index contributed by atoms with van der Waals surface area (Å²) < 4.78 is 44.7. The molecule has 3 aliphatic rings. The van der Waals surface area contributed by atoms with Crippen LogP contribution in [0.4, 0.5) is 18.9 Å². The van der Waals surface area contributed by atoms with Crippen LogP contribution in [-0.4, -0.2) is 133 Å². The van der Waals surface area contributed by atoms with E-state index < -0.39 is 23.7 Å². The predicted molar refractivity (Wildman–Crippen MR) is 196 cm³/mol. The van der Waals surface area contributed by atoms with E-state index in [4.69, 9.17) is 11.6 Å². The molecule has 0 saturated carbocycles. The van der Waals surface area contributed by atoms with Crippen LogP contribution in [0.5, 0.6) is 5.75 Å². The molecule has 3 saturated heterocycles. The molecule has 0 radical (unpaired) electrons. The number of aromatic hydroxyl groups is 1. The maximum Gasteiger partial charge on any atom is 0.435 e. The van der Waals surface area contributed by atoms with Crippen molar-refractivity contribution < 1.29 is 47.0 Å². The Kier molecular flexibility index (Phi) is 11.0. The normalized spacial score (nSPS) is 20.3. The molecule has 6 heterocycles. The van der Waals surface area contributed by atoms with Crippen LogP contribution in [0.25, 0.3) is 17.1 Å². The van der Waals surface area contributed by atoms with Gasteiger partial charge < -0.3 is 44.5 Å². The molecule has 302 valence electrons. The number of rotatable bonds is 10. The third-order valence-electron chi connectivity index (χ3n) is 11.0. The summed E-state index contributed by atoms with van der Waals surface area (Å²) in [6, 6.07) is 6.87. The third kappa shape index (κ3) is 8.45. The highest BCUT2D eigenvalue weighted by Gasteiger charge is 2.42. The van der Waals surface area contributed by atoms with Gasteiger partial charge in [-0.2, -0.15) is 18.3 Å². The number of carbonyl (C=O) groups excluding carboxylic acids is 4. The van der Waals surface area contributed by atoms with Gasteiger partial charge in [0.25, 0.3) is 11.8 Å². The van der Waals surface area contributed by atoms with E-state index in [9.17, 15) is 42.6 Å². The lowest BCUT2D eigenvalue weighted by molar-refractivity contribution is -0.931. The molecule has 0 aliphatic carbocycles. The molecule has 0 bridgehead atoms. The highest BCUT2D eigenvalue weighted by Crippen LogP contribution is 2.37. The average molecular weight is 813 g/mol. The lowest BCUT2D eigenvalue weighted by Gasteiger charge is -2.47. The standard InChI is InChI=1S/C37H40ClF3N10O6/c1-47-29(27-19-50(46-32(27)37(39,40)41)30-5-3-25(52)17-43-30)18-44-33(47)34(55)45-24-2-4-26(28(38)14-24)36(57)49-10-8-48(9-11-49)35(56)23-6-12-51(13-7-23,21-31(53)54)20-22-15-42-16-22/h2-5,14,17-19,22-23,42H,6-13,15-16,20-21H2,1H3,(H2-,45,52,53,54,55,57). The largest absolute Gasteiger partial charge is 0.544 e. The van der Waals surface area contributed by atoms with Crippen molar-refractivity contribution in [3.8, 4) is 22.8 Å². The molecule has 0 unspecified atom stereocenters. The number of carbonyl (C=O) groups is 4. The first-order valence-corrected chi connectivity index (χ1v) is 18.8. The number of amides is 3. The Morgan fingerprint density at radius 2 is 1.72 bits per heavy atom. The van der Waals surface area contributed by atoms with Gasteiger partial charge in [0.2, 0.25) is 5.91 Å². The van der Waals surface area contributed by atoms with Gasteiger partial charge in [0, 0.05) is 82.9 Å².